The van der Waals surface area contributed by atoms with Crippen LogP contribution in [0, 0.1) is 6.92 Å². The summed E-state index contributed by atoms with van der Waals surface area (Å²) in [5.74, 6) is -1.48. The number of hydrogen-bond donors (Lipinski definition) is 1. The minimum Gasteiger partial charge on any atom is -0.476 e. The Balaban J connectivity index is 2.26. The Labute approximate surface area is 115 Å². The molecule has 0 fully saturated rings. The molecule has 0 bridgehead atoms. The highest BCUT2D eigenvalue weighted by molar-refractivity contribution is 7.15. The summed E-state index contributed by atoms with van der Waals surface area (Å²) < 4.78 is 39.8. The van der Waals surface area contributed by atoms with Gasteiger partial charge in [0.05, 0.1) is 0 Å². The van der Waals surface area contributed by atoms with Gasteiger partial charge in [-0.25, -0.2) is 9.78 Å². The van der Waals surface area contributed by atoms with Crippen molar-refractivity contribution in [3.63, 3.8) is 0 Å². The molecule has 1 aromatic heterocycles. The van der Waals surface area contributed by atoms with Crippen LogP contribution < -0.4 is 4.74 Å². The predicted octanol–water partition coefficient (Wildman–Crippen LogP) is 3.72. The fourth-order valence-corrected chi connectivity index (χ4v) is 2.43. The van der Waals surface area contributed by atoms with E-state index in [1.165, 1.54) is 12.1 Å². The van der Waals surface area contributed by atoms with Gasteiger partial charge in [0.2, 0.25) is 0 Å². The van der Waals surface area contributed by atoms with Crippen molar-refractivity contribution in [3.8, 4) is 16.3 Å². The van der Waals surface area contributed by atoms with Crippen LogP contribution in [0.2, 0.25) is 0 Å². The normalized spacial score (nSPS) is 11.4. The lowest BCUT2D eigenvalue weighted by molar-refractivity contribution is -0.274. The molecule has 0 radical (unpaired) electrons. The zero-order valence-corrected chi connectivity index (χ0v) is 10.9. The Morgan fingerprint density at radius 2 is 1.90 bits per heavy atom. The number of aromatic nitrogens is 1. The van der Waals surface area contributed by atoms with E-state index in [0.29, 0.717) is 15.4 Å². The molecule has 0 atom stereocenters. The highest BCUT2D eigenvalue weighted by Gasteiger charge is 2.31. The number of benzene rings is 1. The Morgan fingerprint density at radius 3 is 2.35 bits per heavy atom. The zero-order chi connectivity index (χ0) is 14.9. The first kappa shape index (κ1) is 14.3. The maximum absolute atomic E-state index is 12.0. The van der Waals surface area contributed by atoms with E-state index in [0.717, 1.165) is 23.5 Å². The number of aromatic carboxylic acids is 1. The lowest BCUT2D eigenvalue weighted by atomic mass is 10.2. The molecule has 0 amide bonds. The quantitative estimate of drug-likeness (QED) is 0.939. The van der Waals surface area contributed by atoms with Crippen molar-refractivity contribution in [1.29, 1.82) is 0 Å². The second kappa shape index (κ2) is 5.12. The number of halogens is 3. The van der Waals surface area contributed by atoms with Gasteiger partial charge in [0.15, 0.2) is 5.69 Å². The molecule has 0 unspecified atom stereocenters. The van der Waals surface area contributed by atoms with E-state index in [1.807, 2.05) is 0 Å². The molecule has 106 valence electrons. The van der Waals surface area contributed by atoms with Gasteiger partial charge in [0.1, 0.15) is 10.8 Å². The summed E-state index contributed by atoms with van der Waals surface area (Å²) in [5, 5.41) is 9.33. The van der Waals surface area contributed by atoms with E-state index in [1.54, 1.807) is 6.92 Å². The fraction of sp³-hybridized carbons (Fsp3) is 0.167. The highest BCUT2D eigenvalue weighted by Crippen LogP contribution is 2.30. The van der Waals surface area contributed by atoms with Gasteiger partial charge in [-0.1, -0.05) is 0 Å². The van der Waals surface area contributed by atoms with E-state index in [9.17, 15) is 18.0 Å². The number of thiazole rings is 1. The number of carboxylic acid groups (broad SMARTS) is 1. The van der Waals surface area contributed by atoms with Crippen molar-refractivity contribution in [1.82, 2.24) is 4.98 Å². The summed E-state index contributed by atoms with van der Waals surface area (Å²) in [6.07, 6.45) is -4.74. The summed E-state index contributed by atoms with van der Waals surface area (Å²) in [5.41, 5.74) is 0.473. The number of alkyl halides is 3. The van der Waals surface area contributed by atoms with Crippen molar-refractivity contribution < 1.29 is 27.8 Å². The molecule has 0 saturated carbocycles. The van der Waals surface area contributed by atoms with Crippen LogP contribution in [0.25, 0.3) is 10.6 Å². The van der Waals surface area contributed by atoms with E-state index in [2.05, 4.69) is 9.72 Å². The molecular formula is C12H8F3NO3S. The zero-order valence-electron chi connectivity index (χ0n) is 10.1. The highest BCUT2D eigenvalue weighted by atomic mass is 32.1. The molecule has 1 N–H and O–H groups in total. The molecule has 2 aromatic rings. The number of carboxylic acids is 1. The minimum absolute atomic E-state index is 0.0550. The van der Waals surface area contributed by atoms with Crippen LogP contribution in [-0.4, -0.2) is 22.4 Å². The van der Waals surface area contributed by atoms with Crippen LogP contribution in [-0.2, 0) is 0 Å². The van der Waals surface area contributed by atoms with Gasteiger partial charge in [-0.15, -0.1) is 24.5 Å². The van der Waals surface area contributed by atoms with Gasteiger partial charge < -0.3 is 9.84 Å². The third-order valence-corrected chi connectivity index (χ3v) is 3.35. The monoisotopic (exact) mass is 303 g/mol. The minimum atomic E-state index is -4.74. The summed E-state index contributed by atoms with van der Waals surface area (Å²) in [4.78, 5) is 15.3. The Kier molecular flexibility index (Phi) is 3.67. The first-order valence-corrected chi connectivity index (χ1v) is 6.15. The van der Waals surface area contributed by atoms with E-state index >= 15 is 0 Å². The molecule has 8 heteroatoms. The van der Waals surface area contributed by atoms with Crippen LogP contribution in [0.3, 0.4) is 0 Å². The van der Waals surface area contributed by atoms with Gasteiger partial charge >= 0.3 is 12.3 Å². The molecule has 0 saturated heterocycles. The van der Waals surface area contributed by atoms with Crippen molar-refractivity contribution in [2.24, 2.45) is 0 Å². The second-order valence-electron chi connectivity index (χ2n) is 3.80. The van der Waals surface area contributed by atoms with Crippen LogP contribution >= 0.6 is 11.3 Å². The SMILES string of the molecule is Cc1sc(-c2ccc(OC(F)(F)F)cc2)nc1C(=O)O. The molecule has 1 heterocycles. The molecule has 0 aliphatic heterocycles. The van der Waals surface area contributed by atoms with Crippen molar-refractivity contribution >= 4 is 17.3 Å². The number of rotatable bonds is 3. The number of carbonyl (C=O) groups is 1. The first-order valence-electron chi connectivity index (χ1n) is 5.33. The maximum atomic E-state index is 12.0. The third-order valence-electron chi connectivity index (χ3n) is 2.33. The smallest absolute Gasteiger partial charge is 0.476 e. The average molecular weight is 303 g/mol. The van der Waals surface area contributed by atoms with E-state index in [-0.39, 0.29) is 11.4 Å². The summed E-state index contributed by atoms with van der Waals surface area (Å²) in [6, 6.07) is 5.09. The average Bonchev–Trinajstić information content (AvgIpc) is 2.70. The van der Waals surface area contributed by atoms with E-state index in [4.69, 9.17) is 5.11 Å². The van der Waals surface area contributed by atoms with Crippen LogP contribution in [0.15, 0.2) is 24.3 Å². The van der Waals surface area contributed by atoms with Gasteiger partial charge in [0.25, 0.3) is 0 Å². The Bertz CT molecular complexity index is 634. The van der Waals surface area contributed by atoms with Gasteiger partial charge in [-0.2, -0.15) is 0 Å². The van der Waals surface area contributed by atoms with Crippen molar-refractivity contribution in [3.05, 3.63) is 34.8 Å². The lowest BCUT2D eigenvalue weighted by Gasteiger charge is -2.08. The van der Waals surface area contributed by atoms with Crippen molar-refractivity contribution in [2.45, 2.75) is 13.3 Å². The fourth-order valence-electron chi connectivity index (χ4n) is 1.52. The Morgan fingerprint density at radius 1 is 1.30 bits per heavy atom. The van der Waals surface area contributed by atoms with Gasteiger partial charge in [-0.3, -0.25) is 0 Å². The molecule has 20 heavy (non-hydrogen) atoms. The summed E-state index contributed by atoms with van der Waals surface area (Å²) in [6.45, 7) is 1.62. The largest absolute Gasteiger partial charge is 0.573 e. The number of ether oxygens (including phenoxy) is 1. The molecule has 0 spiro atoms. The Hall–Kier alpha value is -2.09. The molecule has 4 nitrogen and oxygen atoms in total. The standard InChI is InChI=1S/C12H8F3NO3S/c1-6-9(11(17)18)16-10(20-6)7-2-4-8(5-3-7)19-12(13,14)15/h2-5H,1H3,(H,17,18). The van der Waals surface area contributed by atoms with E-state index < -0.39 is 12.3 Å². The van der Waals surface area contributed by atoms with Gasteiger partial charge in [-0.05, 0) is 31.2 Å². The molecule has 0 aliphatic rings. The second-order valence-corrected chi connectivity index (χ2v) is 5.00. The topological polar surface area (TPSA) is 59.4 Å². The number of aryl methyl sites for hydroxylation is 1. The predicted molar refractivity (Wildman–Crippen MR) is 65.9 cm³/mol. The first-order chi connectivity index (χ1) is 9.26. The molecule has 2 rings (SSSR count). The molecule has 1 aromatic carbocycles. The van der Waals surface area contributed by atoms with Crippen LogP contribution in [0.4, 0.5) is 13.2 Å². The van der Waals surface area contributed by atoms with Gasteiger partial charge in [0, 0.05) is 10.4 Å². The molecular weight excluding hydrogens is 295 g/mol. The summed E-state index contributed by atoms with van der Waals surface area (Å²) >= 11 is 1.16. The third kappa shape index (κ3) is 3.27. The lowest BCUT2D eigenvalue weighted by Crippen LogP contribution is -2.16. The number of nitrogens with zero attached hydrogens (tertiary/aromatic N) is 1. The van der Waals surface area contributed by atoms with Crippen LogP contribution in [0.5, 0.6) is 5.75 Å². The summed E-state index contributed by atoms with van der Waals surface area (Å²) in [7, 11) is 0. The molecule has 0 aliphatic carbocycles. The van der Waals surface area contributed by atoms with Crippen molar-refractivity contribution in [2.75, 3.05) is 0 Å². The van der Waals surface area contributed by atoms with Crippen LogP contribution in [0.1, 0.15) is 15.4 Å². The number of hydrogen-bond acceptors (Lipinski definition) is 4. The maximum Gasteiger partial charge on any atom is 0.573 e.